The fourth-order valence-corrected chi connectivity index (χ4v) is 3.75. The predicted octanol–water partition coefficient (Wildman–Crippen LogP) is 3.08. The molecular formula is C16H13ClN6OS. The van der Waals surface area contributed by atoms with E-state index in [1.54, 1.807) is 28.9 Å². The highest BCUT2D eigenvalue weighted by Crippen LogP contribution is 2.29. The van der Waals surface area contributed by atoms with E-state index in [1.165, 1.54) is 11.8 Å². The Morgan fingerprint density at radius 3 is 3.12 bits per heavy atom. The lowest BCUT2D eigenvalue weighted by molar-refractivity contribution is 0.0912. The van der Waals surface area contributed by atoms with Gasteiger partial charge in [-0.1, -0.05) is 11.6 Å². The van der Waals surface area contributed by atoms with Gasteiger partial charge in [-0.3, -0.25) is 0 Å². The largest absolute Gasteiger partial charge is 0.376 e. The minimum Gasteiger partial charge on any atom is -0.376 e. The molecule has 1 aliphatic rings. The molecule has 7 nitrogen and oxygen atoms in total. The smallest absolute Gasteiger partial charge is 0.215 e. The lowest BCUT2D eigenvalue weighted by Gasteiger charge is -2.10. The van der Waals surface area contributed by atoms with Crippen LogP contribution in [0, 0.1) is 11.3 Å². The van der Waals surface area contributed by atoms with Gasteiger partial charge in [0.05, 0.1) is 29.8 Å². The van der Waals surface area contributed by atoms with Crippen molar-refractivity contribution in [3.8, 4) is 6.07 Å². The van der Waals surface area contributed by atoms with Crippen LogP contribution in [0.15, 0.2) is 34.4 Å². The third-order valence-corrected chi connectivity index (χ3v) is 5.09. The monoisotopic (exact) mass is 372 g/mol. The van der Waals surface area contributed by atoms with E-state index in [9.17, 15) is 5.26 Å². The molecule has 0 aliphatic carbocycles. The van der Waals surface area contributed by atoms with E-state index < -0.39 is 0 Å². The molecule has 1 fully saturated rings. The van der Waals surface area contributed by atoms with Gasteiger partial charge in [0.15, 0.2) is 0 Å². The number of fused-ring (bicyclic) bond motifs is 1. The first-order valence-electron chi connectivity index (χ1n) is 7.79. The summed E-state index contributed by atoms with van der Waals surface area (Å²) in [6.45, 7) is 1.40. The molecule has 1 atom stereocenters. The molecule has 2 aromatic heterocycles. The highest BCUT2D eigenvalue weighted by atomic mass is 35.5. The van der Waals surface area contributed by atoms with Gasteiger partial charge in [-0.05, 0) is 59.3 Å². The molecule has 0 radical (unpaired) electrons. The summed E-state index contributed by atoms with van der Waals surface area (Å²) in [6, 6.07) is 9.24. The first kappa shape index (κ1) is 16.3. The third kappa shape index (κ3) is 3.44. The molecule has 25 heavy (non-hydrogen) atoms. The van der Waals surface area contributed by atoms with Crippen LogP contribution in [0.4, 0.5) is 0 Å². The Morgan fingerprint density at radius 2 is 2.32 bits per heavy atom. The highest BCUT2D eigenvalue weighted by molar-refractivity contribution is 7.99. The number of hydrogen-bond acceptors (Lipinski definition) is 7. The van der Waals surface area contributed by atoms with Crippen molar-refractivity contribution in [3.05, 3.63) is 34.9 Å². The van der Waals surface area contributed by atoms with Gasteiger partial charge in [-0.25, -0.2) is 9.67 Å². The maximum atomic E-state index is 9.43. The maximum Gasteiger partial charge on any atom is 0.215 e. The summed E-state index contributed by atoms with van der Waals surface area (Å²) in [5, 5.41) is 23.9. The summed E-state index contributed by atoms with van der Waals surface area (Å²) in [4.78, 5) is 4.59. The van der Waals surface area contributed by atoms with Crippen molar-refractivity contribution < 1.29 is 4.74 Å². The first-order chi connectivity index (χ1) is 12.2. The fourth-order valence-electron chi connectivity index (χ4n) is 2.78. The molecule has 1 unspecified atom stereocenters. The van der Waals surface area contributed by atoms with E-state index in [0.29, 0.717) is 32.8 Å². The van der Waals surface area contributed by atoms with Crippen LogP contribution in [0.25, 0.3) is 10.9 Å². The summed E-state index contributed by atoms with van der Waals surface area (Å²) in [5.74, 6) is 0. The summed E-state index contributed by atoms with van der Waals surface area (Å²) in [6.07, 6.45) is 2.22. The molecule has 0 bridgehead atoms. The molecule has 1 aromatic carbocycles. The van der Waals surface area contributed by atoms with Gasteiger partial charge in [0.1, 0.15) is 5.03 Å². The molecular weight excluding hydrogens is 360 g/mol. The number of ether oxygens (including phenoxy) is 1. The average molecular weight is 373 g/mol. The van der Waals surface area contributed by atoms with Gasteiger partial charge < -0.3 is 4.74 Å². The van der Waals surface area contributed by atoms with Gasteiger partial charge in [0.2, 0.25) is 5.16 Å². The van der Waals surface area contributed by atoms with E-state index >= 15 is 0 Å². The van der Waals surface area contributed by atoms with Crippen molar-refractivity contribution in [1.82, 2.24) is 25.2 Å². The Labute approximate surface area is 152 Å². The number of hydrogen-bond donors (Lipinski definition) is 0. The van der Waals surface area contributed by atoms with E-state index in [4.69, 9.17) is 16.3 Å². The third-order valence-electron chi connectivity index (χ3n) is 3.96. The van der Waals surface area contributed by atoms with Crippen molar-refractivity contribution in [1.29, 1.82) is 5.26 Å². The Bertz CT molecular complexity index is 963. The van der Waals surface area contributed by atoms with Crippen LogP contribution in [-0.4, -0.2) is 37.9 Å². The van der Waals surface area contributed by atoms with Gasteiger partial charge >= 0.3 is 0 Å². The van der Waals surface area contributed by atoms with Crippen LogP contribution in [0.3, 0.4) is 0 Å². The zero-order valence-electron chi connectivity index (χ0n) is 13.1. The molecule has 9 heteroatoms. The molecule has 3 aromatic rings. The molecule has 0 amide bonds. The number of nitrogens with zero attached hydrogens (tertiary/aromatic N) is 6. The predicted molar refractivity (Wildman–Crippen MR) is 92.4 cm³/mol. The maximum absolute atomic E-state index is 9.43. The van der Waals surface area contributed by atoms with Gasteiger partial charge in [0, 0.05) is 17.0 Å². The molecule has 4 rings (SSSR count). The quantitative estimate of drug-likeness (QED) is 0.695. The zero-order chi connectivity index (χ0) is 17.2. The number of benzene rings is 1. The fraction of sp³-hybridized carbons (Fsp3) is 0.312. The van der Waals surface area contributed by atoms with Crippen molar-refractivity contribution in [2.45, 2.75) is 35.7 Å². The normalized spacial score (nSPS) is 17.0. The van der Waals surface area contributed by atoms with Gasteiger partial charge in [-0.15, -0.1) is 5.10 Å². The lowest BCUT2D eigenvalue weighted by atomic mass is 10.1. The van der Waals surface area contributed by atoms with Crippen LogP contribution < -0.4 is 0 Å². The van der Waals surface area contributed by atoms with Crippen LogP contribution in [0.5, 0.6) is 0 Å². The molecule has 0 N–H and O–H groups in total. The Kier molecular flexibility index (Phi) is 4.53. The highest BCUT2D eigenvalue weighted by Gasteiger charge is 2.19. The standard InChI is InChI=1S/C16H13ClN6OS/c17-11-3-4-14-13(7-11)10(8-18)6-15(19-14)25-16-20-21-22-23(16)9-12-2-1-5-24-12/h3-4,6-7,12H,1-2,5,9H2. The van der Waals surface area contributed by atoms with Crippen LogP contribution >= 0.6 is 23.4 Å². The lowest BCUT2D eigenvalue weighted by Crippen LogP contribution is -2.16. The van der Waals surface area contributed by atoms with E-state index in [-0.39, 0.29) is 6.10 Å². The second-order valence-corrected chi connectivity index (χ2v) is 7.09. The van der Waals surface area contributed by atoms with E-state index in [0.717, 1.165) is 24.8 Å². The molecule has 1 aliphatic heterocycles. The van der Waals surface area contributed by atoms with Crippen LogP contribution in [0.2, 0.25) is 5.02 Å². The molecule has 1 saturated heterocycles. The van der Waals surface area contributed by atoms with Crippen molar-refractivity contribution >= 4 is 34.3 Å². The first-order valence-corrected chi connectivity index (χ1v) is 8.98. The number of halogens is 1. The van der Waals surface area contributed by atoms with E-state index in [1.807, 2.05) is 0 Å². The van der Waals surface area contributed by atoms with Crippen molar-refractivity contribution in [2.24, 2.45) is 0 Å². The van der Waals surface area contributed by atoms with Crippen molar-refractivity contribution in [2.75, 3.05) is 6.61 Å². The van der Waals surface area contributed by atoms with E-state index in [2.05, 4.69) is 26.6 Å². The van der Waals surface area contributed by atoms with Crippen molar-refractivity contribution in [3.63, 3.8) is 0 Å². The topological polar surface area (TPSA) is 89.5 Å². The number of pyridine rings is 1. The summed E-state index contributed by atoms with van der Waals surface area (Å²) < 4.78 is 7.36. The Morgan fingerprint density at radius 1 is 1.40 bits per heavy atom. The number of tetrazole rings is 1. The van der Waals surface area contributed by atoms with Gasteiger partial charge in [-0.2, -0.15) is 5.26 Å². The number of rotatable bonds is 4. The van der Waals surface area contributed by atoms with Crippen LogP contribution in [0.1, 0.15) is 18.4 Å². The summed E-state index contributed by atoms with van der Waals surface area (Å²) in [7, 11) is 0. The Balaban J connectivity index is 1.64. The molecule has 0 spiro atoms. The molecule has 3 heterocycles. The summed E-state index contributed by atoms with van der Waals surface area (Å²) >= 11 is 7.35. The minimum atomic E-state index is 0.143. The van der Waals surface area contributed by atoms with Gasteiger partial charge in [0.25, 0.3) is 0 Å². The SMILES string of the molecule is N#Cc1cc(Sc2nnnn2CC2CCCO2)nc2ccc(Cl)cc12. The second kappa shape index (κ2) is 6.96. The summed E-state index contributed by atoms with van der Waals surface area (Å²) in [5.41, 5.74) is 1.23. The van der Waals surface area contributed by atoms with Crippen LogP contribution in [-0.2, 0) is 11.3 Å². The number of nitriles is 1. The zero-order valence-corrected chi connectivity index (χ0v) is 14.7. The second-order valence-electron chi connectivity index (χ2n) is 5.66. The molecule has 126 valence electrons. The average Bonchev–Trinajstić information content (AvgIpc) is 3.27. The Hall–Kier alpha value is -2.21. The number of aromatic nitrogens is 5. The minimum absolute atomic E-state index is 0.143. The molecule has 0 saturated carbocycles.